The Morgan fingerprint density at radius 2 is 1.88 bits per heavy atom. The van der Waals surface area contributed by atoms with Gasteiger partial charge >= 0.3 is 5.76 Å². The summed E-state index contributed by atoms with van der Waals surface area (Å²) >= 11 is 0. The van der Waals surface area contributed by atoms with E-state index in [2.05, 4.69) is 18.8 Å². The lowest BCUT2D eigenvalue weighted by Crippen LogP contribution is -1.92. The Labute approximate surface area is 103 Å². The smallest absolute Gasteiger partial charge is 0.408 e. The van der Waals surface area contributed by atoms with E-state index in [1.54, 1.807) is 6.07 Å². The first-order chi connectivity index (χ1) is 8.17. The van der Waals surface area contributed by atoms with Crippen LogP contribution in [0.3, 0.4) is 0 Å². The molecule has 0 fully saturated rings. The number of oxazole rings is 1. The van der Waals surface area contributed by atoms with Crippen LogP contribution in [-0.4, -0.2) is 4.98 Å². The summed E-state index contributed by atoms with van der Waals surface area (Å²) in [7, 11) is 0. The minimum atomic E-state index is -0.398. The molecule has 0 aliphatic carbocycles. The molecule has 0 saturated carbocycles. The van der Waals surface area contributed by atoms with Crippen LogP contribution in [0.1, 0.15) is 46.5 Å². The fourth-order valence-electron chi connectivity index (χ4n) is 1.57. The van der Waals surface area contributed by atoms with Gasteiger partial charge in [-0.3, -0.25) is 4.98 Å². The summed E-state index contributed by atoms with van der Waals surface area (Å²) in [5, 5.41) is 0. The Bertz CT molecular complexity index is 498. The normalized spacial score (nSPS) is 10.1. The highest BCUT2D eigenvalue weighted by Gasteiger charge is 1.98. The molecular formula is C14H23NO2. The fraction of sp³-hybridized carbons (Fsp3) is 0.500. The molecule has 0 spiro atoms. The van der Waals surface area contributed by atoms with Crippen molar-refractivity contribution in [2.24, 2.45) is 0 Å². The SMILES string of the molecule is CCCCCC.Cc1ccc2oc(=O)[nH]c2c1.[HH]. The molecule has 0 radical (unpaired) electrons. The van der Waals surface area contributed by atoms with E-state index < -0.39 is 5.76 Å². The van der Waals surface area contributed by atoms with Crippen molar-refractivity contribution in [3.63, 3.8) is 0 Å². The van der Waals surface area contributed by atoms with Crippen molar-refractivity contribution in [2.45, 2.75) is 46.5 Å². The van der Waals surface area contributed by atoms with Crippen LogP contribution in [0, 0.1) is 6.92 Å². The summed E-state index contributed by atoms with van der Waals surface area (Å²) in [6, 6.07) is 5.56. The molecular weight excluding hydrogens is 214 g/mol. The number of fused-ring (bicyclic) bond motifs is 1. The molecule has 0 atom stereocenters. The summed E-state index contributed by atoms with van der Waals surface area (Å²) in [5.41, 5.74) is 2.48. The van der Waals surface area contributed by atoms with Gasteiger partial charge in [0.15, 0.2) is 5.58 Å². The van der Waals surface area contributed by atoms with Crippen LogP contribution in [-0.2, 0) is 0 Å². The average molecular weight is 237 g/mol. The lowest BCUT2D eigenvalue weighted by atomic mass is 10.2. The van der Waals surface area contributed by atoms with Crippen LogP contribution in [0.25, 0.3) is 11.1 Å². The average Bonchev–Trinajstić information content (AvgIpc) is 2.66. The van der Waals surface area contributed by atoms with Crippen LogP contribution in [0.15, 0.2) is 27.4 Å². The summed E-state index contributed by atoms with van der Waals surface area (Å²) < 4.78 is 4.81. The molecule has 1 aromatic heterocycles. The molecule has 0 bridgehead atoms. The zero-order chi connectivity index (χ0) is 12.7. The first kappa shape index (κ1) is 13.6. The summed E-state index contributed by atoms with van der Waals surface area (Å²) in [4.78, 5) is 13.3. The summed E-state index contributed by atoms with van der Waals surface area (Å²) in [5.74, 6) is -0.398. The maximum Gasteiger partial charge on any atom is 0.417 e. The van der Waals surface area contributed by atoms with Crippen molar-refractivity contribution < 1.29 is 5.84 Å². The third-order valence-corrected chi connectivity index (χ3v) is 2.53. The van der Waals surface area contributed by atoms with Gasteiger partial charge in [-0.25, -0.2) is 4.79 Å². The molecule has 0 saturated heterocycles. The quantitative estimate of drug-likeness (QED) is 0.810. The third kappa shape index (κ3) is 4.47. The van der Waals surface area contributed by atoms with Crippen molar-refractivity contribution in [3.05, 3.63) is 34.3 Å². The Kier molecular flexibility index (Phi) is 5.53. The number of nitrogens with one attached hydrogen (secondary N) is 1. The van der Waals surface area contributed by atoms with E-state index in [-0.39, 0.29) is 1.43 Å². The maximum atomic E-state index is 10.7. The second kappa shape index (κ2) is 6.94. The molecule has 96 valence electrons. The Morgan fingerprint density at radius 3 is 2.47 bits per heavy atom. The first-order valence-electron chi connectivity index (χ1n) is 6.26. The van der Waals surface area contributed by atoms with Gasteiger partial charge in [0.05, 0.1) is 5.52 Å². The van der Waals surface area contributed by atoms with E-state index in [0.717, 1.165) is 11.1 Å². The minimum Gasteiger partial charge on any atom is -0.408 e. The highest BCUT2D eigenvalue weighted by molar-refractivity contribution is 5.72. The van der Waals surface area contributed by atoms with Crippen LogP contribution in [0.5, 0.6) is 0 Å². The summed E-state index contributed by atoms with van der Waals surface area (Å²) in [6.07, 6.45) is 5.54. The number of benzene rings is 1. The molecule has 0 aliphatic heterocycles. The number of aromatic nitrogens is 1. The van der Waals surface area contributed by atoms with Crippen molar-refractivity contribution in [3.8, 4) is 0 Å². The second-order valence-corrected chi connectivity index (χ2v) is 4.22. The monoisotopic (exact) mass is 237 g/mol. The minimum absolute atomic E-state index is 0. The van der Waals surface area contributed by atoms with E-state index in [4.69, 9.17) is 4.42 Å². The van der Waals surface area contributed by atoms with Crippen LogP contribution >= 0.6 is 0 Å². The molecule has 0 unspecified atom stereocenters. The number of hydrogen-bond acceptors (Lipinski definition) is 2. The van der Waals surface area contributed by atoms with Crippen molar-refractivity contribution in [2.75, 3.05) is 0 Å². The number of rotatable bonds is 3. The molecule has 2 aromatic rings. The Morgan fingerprint density at radius 1 is 1.24 bits per heavy atom. The van der Waals surface area contributed by atoms with E-state index >= 15 is 0 Å². The molecule has 1 heterocycles. The van der Waals surface area contributed by atoms with Gasteiger partial charge in [0.25, 0.3) is 0 Å². The van der Waals surface area contributed by atoms with Crippen LogP contribution in [0.2, 0.25) is 0 Å². The molecule has 3 heteroatoms. The predicted octanol–water partition coefficient (Wildman–Crippen LogP) is 4.26. The maximum absolute atomic E-state index is 10.7. The number of aromatic amines is 1. The topological polar surface area (TPSA) is 46.0 Å². The van der Waals surface area contributed by atoms with Gasteiger partial charge in [-0.1, -0.05) is 45.6 Å². The highest BCUT2D eigenvalue weighted by Crippen LogP contribution is 2.10. The van der Waals surface area contributed by atoms with Crippen molar-refractivity contribution in [1.82, 2.24) is 4.98 Å². The van der Waals surface area contributed by atoms with E-state index in [1.807, 2.05) is 19.1 Å². The molecule has 17 heavy (non-hydrogen) atoms. The largest absolute Gasteiger partial charge is 0.417 e. The second-order valence-electron chi connectivity index (χ2n) is 4.22. The lowest BCUT2D eigenvalue weighted by Gasteiger charge is -1.88. The zero-order valence-electron chi connectivity index (χ0n) is 10.9. The fourth-order valence-corrected chi connectivity index (χ4v) is 1.57. The van der Waals surface area contributed by atoms with E-state index in [0.29, 0.717) is 5.58 Å². The van der Waals surface area contributed by atoms with Gasteiger partial charge in [-0.2, -0.15) is 0 Å². The molecule has 2 rings (SSSR count). The summed E-state index contributed by atoms with van der Waals surface area (Å²) in [6.45, 7) is 6.43. The van der Waals surface area contributed by atoms with Crippen LogP contribution in [0.4, 0.5) is 0 Å². The van der Waals surface area contributed by atoms with Crippen molar-refractivity contribution in [1.29, 1.82) is 0 Å². The predicted molar refractivity (Wildman–Crippen MR) is 73.5 cm³/mol. The number of H-pyrrole nitrogens is 1. The Hall–Kier alpha value is -1.51. The van der Waals surface area contributed by atoms with Gasteiger partial charge in [0.2, 0.25) is 0 Å². The van der Waals surface area contributed by atoms with Crippen LogP contribution < -0.4 is 5.76 Å². The van der Waals surface area contributed by atoms with Gasteiger partial charge in [-0.15, -0.1) is 0 Å². The number of unbranched alkanes of at least 4 members (excludes halogenated alkanes) is 3. The molecule has 0 aliphatic rings. The van der Waals surface area contributed by atoms with E-state index in [9.17, 15) is 4.79 Å². The van der Waals surface area contributed by atoms with Gasteiger partial charge in [0, 0.05) is 1.43 Å². The van der Waals surface area contributed by atoms with Gasteiger partial charge in [0.1, 0.15) is 0 Å². The van der Waals surface area contributed by atoms with Gasteiger partial charge < -0.3 is 4.42 Å². The Balaban J connectivity index is 0.000000362. The molecule has 1 aromatic carbocycles. The molecule has 1 N–H and O–H groups in total. The number of hydrogen-bond donors (Lipinski definition) is 1. The third-order valence-electron chi connectivity index (χ3n) is 2.53. The number of aryl methyl sites for hydroxylation is 1. The van der Waals surface area contributed by atoms with Gasteiger partial charge in [-0.05, 0) is 24.6 Å². The zero-order valence-corrected chi connectivity index (χ0v) is 10.9. The first-order valence-corrected chi connectivity index (χ1v) is 6.26. The standard InChI is InChI=1S/C8H7NO2.C6H14.H2/c1-5-2-3-7-6(4-5)9-8(10)11-7;1-3-5-6-4-2;/h2-4H,1H3,(H,9,10);3-6H2,1-2H3;1H. The van der Waals surface area contributed by atoms with E-state index in [1.165, 1.54) is 25.7 Å². The highest BCUT2D eigenvalue weighted by atomic mass is 16.4. The van der Waals surface area contributed by atoms with Crippen molar-refractivity contribution >= 4 is 11.1 Å². The molecule has 3 nitrogen and oxygen atoms in total. The lowest BCUT2D eigenvalue weighted by molar-refractivity contribution is 0.555. The molecule has 0 amide bonds.